The summed E-state index contributed by atoms with van der Waals surface area (Å²) in [6.07, 6.45) is 3.43. The molecule has 1 saturated carbocycles. The monoisotopic (exact) mass is 293 g/mol. The lowest BCUT2D eigenvalue weighted by molar-refractivity contribution is 0.0703. The Balaban J connectivity index is 1.83. The number of hydrogen-bond donors (Lipinski definition) is 1. The van der Waals surface area contributed by atoms with E-state index >= 15 is 0 Å². The highest BCUT2D eigenvalue weighted by Gasteiger charge is 2.51. The largest absolute Gasteiger partial charge is 0.334 e. The molecule has 2 N–H and O–H groups in total. The van der Waals surface area contributed by atoms with E-state index in [9.17, 15) is 4.79 Å². The van der Waals surface area contributed by atoms with Gasteiger partial charge in [-0.1, -0.05) is 20.8 Å². The van der Waals surface area contributed by atoms with Crippen molar-refractivity contribution in [2.24, 2.45) is 16.6 Å². The molecule has 110 valence electrons. The van der Waals surface area contributed by atoms with Crippen molar-refractivity contribution < 1.29 is 4.79 Å². The number of thiazole rings is 1. The Hall–Kier alpha value is -0.940. The van der Waals surface area contributed by atoms with Crippen molar-refractivity contribution in [1.82, 2.24) is 9.88 Å². The molecule has 5 heteroatoms. The number of nitrogens with two attached hydrogens (primary N) is 1. The van der Waals surface area contributed by atoms with Crippen LogP contribution in [-0.2, 0) is 6.54 Å². The summed E-state index contributed by atoms with van der Waals surface area (Å²) in [4.78, 5) is 19.1. The summed E-state index contributed by atoms with van der Waals surface area (Å²) in [5.41, 5.74) is 6.76. The molecule has 2 aliphatic rings. The van der Waals surface area contributed by atoms with Crippen molar-refractivity contribution in [2.75, 3.05) is 6.54 Å². The minimum Gasteiger partial charge on any atom is -0.334 e. The van der Waals surface area contributed by atoms with Gasteiger partial charge in [-0.2, -0.15) is 0 Å². The first-order chi connectivity index (χ1) is 9.32. The third kappa shape index (κ3) is 2.37. The van der Waals surface area contributed by atoms with Crippen LogP contribution in [0.4, 0.5) is 0 Å². The van der Waals surface area contributed by atoms with Crippen LogP contribution < -0.4 is 5.73 Å². The van der Waals surface area contributed by atoms with E-state index in [4.69, 9.17) is 5.73 Å². The standard InChI is InChI=1S/C15H23N3OS/c1-14(2)4-10-5-15(3,8-14)9-18(10)13(19)11-7-20-12(6-16)17-11/h7,10H,4-6,8-9,16H2,1-3H3. The predicted molar refractivity (Wildman–Crippen MR) is 80.6 cm³/mol. The number of likely N-dealkylation sites (tertiary alicyclic amines) is 1. The van der Waals surface area contributed by atoms with E-state index in [1.807, 2.05) is 5.38 Å². The van der Waals surface area contributed by atoms with Gasteiger partial charge < -0.3 is 10.6 Å². The molecule has 0 radical (unpaired) electrons. The molecule has 2 atom stereocenters. The Bertz CT molecular complexity index is 539. The van der Waals surface area contributed by atoms with Gasteiger partial charge in [0.25, 0.3) is 5.91 Å². The fraction of sp³-hybridized carbons (Fsp3) is 0.733. The van der Waals surface area contributed by atoms with Crippen molar-refractivity contribution in [1.29, 1.82) is 0 Å². The highest BCUT2D eigenvalue weighted by molar-refractivity contribution is 7.09. The number of hydrogen-bond acceptors (Lipinski definition) is 4. The van der Waals surface area contributed by atoms with Crippen LogP contribution in [0.1, 0.15) is 55.5 Å². The van der Waals surface area contributed by atoms with E-state index < -0.39 is 0 Å². The minimum atomic E-state index is 0.0902. The highest BCUT2D eigenvalue weighted by Crippen LogP contribution is 2.52. The van der Waals surface area contributed by atoms with Crippen LogP contribution in [0.2, 0.25) is 0 Å². The quantitative estimate of drug-likeness (QED) is 0.912. The third-order valence-corrected chi connectivity index (χ3v) is 5.49. The van der Waals surface area contributed by atoms with Gasteiger partial charge in [0.05, 0.1) is 0 Å². The molecule has 1 aromatic heterocycles. The lowest BCUT2D eigenvalue weighted by atomic mass is 9.65. The van der Waals surface area contributed by atoms with Crippen LogP contribution in [-0.4, -0.2) is 28.4 Å². The molecular weight excluding hydrogens is 270 g/mol. The van der Waals surface area contributed by atoms with Gasteiger partial charge >= 0.3 is 0 Å². The summed E-state index contributed by atoms with van der Waals surface area (Å²) in [5.74, 6) is 0.0902. The van der Waals surface area contributed by atoms with Crippen LogP contribution in [0.15, 0.2) is 5.38 Å². The number of carbonyl (C=O) groups is 1. The summed E-state index contributed by atoms with van der Waals surface area (Å²) in [6, 6.07) is 0.374. The van der Waals surface area contributed by atoms with E-state index in [1.54, 1.807) is 0 Å². The third-order valence-electron chi connectivity index (χ3n) is 4.62. The molecule has 0 spiro atoms. The molecule has 1 aliphatic carbocycles. The number of nitrogens with zero attached hydrogens (tertiary/aromatic N) is 2. The van der Waals surface area contributed by atoms with E-state index in [1.165, 1.54) is 17.8 Å². The normalized spacial score (nSPS) is 31.6. The lowest BCUT2D eigenvalue weighted by Gasteiger charge is -2.39. The molecule has 20 heavy (non-hydrogen) atoms. The maximum atomic E-state index is 12.7. The summed E-state index contributed by atoms with van der Waals surface area (Å²) in [5, 5.41) is 2.68. The smallest absolute Gasteiger partial charge is 0.273 e. The zero-order chi connectivity index (χ0) is 14.5. The zero-order valence-electron chi connectivity index (χ0n) is 12.5. The molecule has 0 aromatic carbocycles. The van der Waals surface area contributed by atoms with Gasteiger partial charge in [0, 0.05) is 24.5 Å². The van der Waals surface area contributed by atoms with Crippen LogP contribution in [0.25, 0.3) is 0 Å². The molecule has 1 saturated heterocycles. The first-order valence-electron chi connectivity index (χ1n) is 7.27. The second kappa shape index (κ2) is 4.53. The van der Waals surface area contributed by atoms with Crippen LogP contribution in [0, 0.1) is 10.8 Å². The van der Waals surface area contributed by atoms with Crippen molar-refractivity contribution in [3.05, 3.63) is 16.1 Å². The van der Waals surface area contributed by atoms with E-state index in [0.29, 0.717) is 23.7 Å². The number of rotatable bonds is 2. The fourth-order valence-electron chi connectivity index (χ4n) is 4.35. The fourth-order valence-corrected chi connectivity index (χ4v) is 5.00. The predicted octanol–water partition coefficient (Wildman–Crippen LogP) is 2.64. The van der Waals surface area contributed by atoms with Gasteiger partial charge in [-0.3, -0.25) is 4.79 Å². The first-order valence-corrected chi connectivity index (χ1v) is 8.15. The van der Waals surface area contributed by atoms with Crippen LogP contribution >= 0.6 is 11.3 Å². The lowest BCUT2D eigenvalue weighted by Crippen LogP contribution is -2.37. The summed E-state index contributed by atoms with van der Waals surface area (Å²) in [6.45, 7) is 8.24. The second-order valence-corrected chi connectivity index (χ2v) is 8.42. The Morgan fingerprint density at radius 2 is 2.25 bits per heavy atom. The van der Waals surface area contributed by atoms with E-state index in [2.05, 4.69) is 30.7 Å². The van der Waals surface area contributed by atoms with Gasteiger partial charge in [0.2, 0.25) is 0 Å². The van der Waals surface area contributed by atoms with Gasteiger partial charge in [-0.05, 0) is 30.1 Å². The summed E-state index contributed by atoms with van der Waals surface area (Å²) >= 11 is 1.48. The first kappa shape index (κ1) is 14.0. The van der Waals surface area contributed by atoms with Crippen molar-refractivity contribution in [3.63, 3.8) is 0 Å². The molecule has 4 nitrogen and oxygen atoms in total. The molecule has 1 amide bonds. The van der Waals surface area contributed by atoms with Crippen molar-refractivity contribution in [3.8, 4) is 0 Å². The topological polar surface area (TPSA) is 59.2 Å². The Morgan fingerprint density at radius 3 is 2.90 bits per heavy atom. The Morgan fingerprint density at radius 1 is 1.50 bits per heavy atom. The van der Waals surface area contributed by atoms with Crippen molar-refractivity contribution in [2.45, 2.75) is 52.6 Å². The number of aromatic nitrogens is 1. The molecule has 2 fully saturated rings. The van der Waals surface area contributed by atoms with E-state index in [-0.39, 0.29) is 11.3 Å². The van der Waals surface area contributed by atoms with E-state index in [0.717, 1.165) is 24.4 Å². The van der Waals surface area contributed by atoms with Gasteiger partial charge in [0.1, 0.15) is 10.7 Å². The number of carbonyl (C=O) groups excluding carboxylic acids is 1. The highest BCUT2D eigenvalue weighted by atomic mass is 32.1. The molecule has 1 aromatic rings. The minimum absolute atomic E-state index is 0.0902. The van der Waals surface area contributed by atoms with Crippen molar-refractivity contribution >= 4 is 17.2 Å². The Labute approximate surface area is 124 Å². The molecule has 1 aliphatic heterocycles. The van der Waals surface area contributed by atoms with Gasteiger partial charge in [0.15, 0.2) is 0 Å². The summed E-state index contributed by atoms with van der Waals surface area (Å²) in [7, 11) is 0. The number of amides is 1. The van der Waals surface area contributed by atoms with Crippen LogP contribution in [0.3, 0.4) is 0 Å². The maximum Gasteiger partial charge on any atom is 0.273 e. The average Bonchev–Trinajstić information content (AvgIpc) is 2.89. The Kier molecular flexibility index (Phi) is 3.18. The number of fused-ring (bicyclic) bond motifs is 2. The SMILES string of the molecule is CC1(C)CC2CC(C)(CN2C(=O)c2csc(CN)n2)C1. The molecule has 3 rings (SSSR count). The summed E-state index contributed by atoms with van der Waals surface area (Å²) < 4.78 is 0. The molecule has 2 bridgehead atoms. The van der Waals surface area contributed by atoms with Crippen LogP contribution in [0.5, 0.6) is 0 Å². The molecular formula is C15H23N3OS. The van der Waals surface area contributed by atoms with Gasteiger partial charge in [-0.25, -0.2) is 4.98 Å². The van der Waals surface area contributed by atoms with Gasteiger partial charge in [-0.15, -0.1) is 11.3 Å². The molecule has 2 heterocycles. The maximum absolute atomic E-state index is 12.7. The second-order valence-electron chi connectivity index (χ2n) is 7.48. The average molecular weight is 293 g/mol. The zero-order valence-corrected chi connectivity index (χ0v) is 13.3. The molecule has 2 unspecified atom stereocenters.